The van der Waals surface area contributed by atoms with E-state index in [0.717, 1.165) is 18.4 Å². The summed E-state index contributed by atoms with van der Waals surface area (Å²) in [7, 11) is 0. The maximum absolute atomic E-state index is 4.16. The predicted octanol–water partition coefficient (Wildman–Crippen LogP) is 11.3. The number of benzene rings is 3. The molecule has 1 nitrogen and oxygen atoms in total. The van der Waals surface area contributed by atoms with Gasteiger partial charge in [-0.3, -0.25) is 0 Å². The lowest BCUT2D eigenvalue weighted by Gasteiger charge is -2.26. The van der Waals surface area contributed by atoms with Gasteiger partial charge in [0.25, 0.3) is 0 Å². The molecule has 0 radical (unpaired) electrons. The quantitative estimate of drug-likeness (QED) is 0.307. The first-order chi connectivity index (χ1) is 20.8. The van der Waals surface area contributed by atoms with Crippen molar-refractivity contribution in [1.82, 2.24) is 0 Å². The van der Waals surface area contributed by atoms with Crippen LogP contribution in [-0.4, -0.2) is 6.04 Å². The molecule has 1 atom stereocenters. The summed E-state index contributed by atoms with van der Waals surface area (Å²) in [5, 5.41) is 0. The first kappa shape index (κ1) is 28.5. The van der Waals surface area contributed by atoms with Crippen molar-refractivity contribution in [2.75, 3.05) is 4.90 Å². The van der Waals surface area contributed by atoms with Crippen LogP contribution in [0.4, 0.5) is 5.69 Å². The topological polar surface area (TPSA) is 3.24 Å². The molecule has 0 saturated heterocycles. The summed E-state index contributed by atoms with van der Waals surface area (Å²) in [6.45, 7) is 13.2. The van der Waals surface area contributed by atoms with Gasteiger partial charge in [-0.05, 0) is 107 Å². The Morgan fingerprint density at radius 1 is 0.814 bits per heavy atom. The molecule has 1 heteroatoms. The molecule has 6 rings (SSSR count). The number of allylic oxidation sites excluding steroid dienone is 12. The maximum Gasteiger partial charge on any atom is 0.0491 e. The van der Waals surface area contributed by atoms with Gasteiger partial charge in [-0.25, -0.2) is 0 Å². The molecule has 0 amide bonds. The Morgan fingerprint density at radius 2 is 1.56 bits per heavy atom. The fraction of sp³-hybridized carbons (Fsp3) is 0.190. The minimum atomic E-state index is -0.0623. The van der Waals surface area contributed by atoms with Crippen LogP contribution in [0.1, 0.15) is 57.2 Å². The second-order valence-electron chi connectivity index (χ2n) is 12.4. The average molecular weight is 560 g/mol. The molecular weight excluding hydrogens is 518 g/mol. The van der Waals surface area contributed by atoms with E-state index in [4.69, 9.17) is 0 Å². The molecule has 0 bridgehead atoms. The minimum Gasteiger partial charge on any atom is -0.341 e. The van der Waals surface area contributed by atoms with E-state index >= 15 is 0 Å². The lowest BCUT2D eigenvalue weighted by Crippen LogP contribution is -2.25. The lowest BCUT2D eigenvalue weighted by atomic mass is 9.81. The van der Waals surface area contributed by atoms with Crippen molar-refractivity contribution in [2.45, 2.75) is 52.0 Å². The summed E-state index contributed by atoms with van der Waals surface area (Å²) in [5.41, 5.74) is 13.9. The number of anilines is 1. The highest BCUT2D eigenvalue weighted by Gasteiger charge is 2.35. The van der Waals surface area contributed by atoms with Crippen molar-refractivity contribution < 1.29 is 0 Å². The number of rotatable bonds is 4. The normalized spacial score (nSPS) is 21.4. The number of fused-ring (bicyclic) bond motifs is 3. The van der Waals surface area contributed by atoms with E-state index in [-0.39, 0.29) is 11.5 Å². The van der Waals surface area contributed by atoms with Gasteiger partial charge in [0.2, 0.25) is 0 Å². The third kappa shape index (κ3) is 5.86. The van der Waals surface area contributed by atoms with Crippen molar-refractivity contribution in [3.8, 4) is 22.3 Å². The van der Waals surface area contributed by atoms with Crippen LogP contribution in [0, 0.1) is 0 Å². The molecule has 0 N–H and O–H groups in total. The van der Waals surface area contributed by atoms with Crippen molar-refractivity contribution >= 4 is 11.8 Å². The monoisotopic (exact) mass is 559 g/mol. The molecule has 0 spiro atoms. The summed E-state index contributed by atoms with van der Waals surface area (Å²) >= 11 is 0. The molecule has 0 fully saturated rings. The highest BCUT2D eigenvalue weighted by atomic mass is 15.1. The van der Waals surface area contributed by atoms with Gasteiger partial charge in [-0.1, -0.05) is 124 Å². The van der Waals surface area contributed by atoms with Crippen LogP contribution in [0.25, 0.3) is 28.3 Å². The number of hydrogen-bond donors (Lipinski definition) is 0. The fourth-order valence-corrected chi connectivity index (χ4v) is 6.28. The summed E-state index contributed by atoms with van der Waals surface area (Å²) in [4.78, 5) is 2.30. The Morgan fingerprint density at radius 3 is 2.33 bits per heavy atom. The molecular formula is C42H41N. The zero-order chi connectivity index (χ0) is 30.0. The van der Waals surface area contributed by atoms with Gasteiger partial charge in [0.1, 0.15) is 0 Å². The van der Waals surface area contributed by atoms with Crippen LogP contribution in [0.2, 0.25) is 0 Å². The molecule has 1 aliphatic heterocycles. The second-order valence-corrected chi connectivity index (χ2v) is 12.4. The lowest BCUT2D eigenvalue weighted by molar-refractivity contribution is 0.660. The van der Waals surface area contributed by atoms with Crippen molar-refractivity contribution in [1.29, 1.82) is 0 Å². The largest absolute Gasteiger partial charge is 0.341 e. The number of nitrogens with zero attached hydrogens (tertiary/aromatic N) is 1. The van der Waals surface area contributed by atoms with Crippen LogP contribution in [0.3, 0.4) is 0 Å². The van der Waals surface area contributed by atoms with E-state index in [1.54, 1.807) is 0 Å². The van der Waals surface area contributed by atoms with Gasteiger partial charge in [-0.15, -0.1) is 0 Å². The van der Waals surface area contributed by atoms with E-state index in [1.807, 2.05) is 0 Å². The van der Waals surface area contributed by atoms with Gasteiger partial charge < -0.3 is 4.90 Å². The fourth-order valence-electron chi connectivity index (χ4n) is 6.28. The van der Waals surface area contributed by atoms with E-state index in [2.05, 4.69) is 173 Å². The smallest absolute Gasteiger partial charge is 0.0491 e. The zero-order valence-electron chi connectivity index (χ0n) is 25.8. The second kappa shape index (κ2) is 11.9. The molecule has 3 aliphatic rings. The van der Waals surface area contributed by atoms with E-state index in [9.17, 15) is 0 Å². The Bertz CT molecular complexity index is 1760. The Labute approximate surface area is 258 Å². The van der Waals surface area contributed by atoms with Gasteiger partial charge in [0.15, 0.2) is 0 Å². The zero-order valence-corrected chi connectivity index (χ0v) is 25.8. The summed E-state index contributed by atoms with van der Waals surface area (Å²) < 4.78 is 0. The van der Waals surface area contributed by atoms with E-state index in [0.29, 0.717) is 0 Å². The molecule has 43 heavy (non-hydrogen) atoms. The van der Waals surface area contributed by atoms with Crippen molar-refractivity contribution in [2.24, 2.45) is 0 Å². The summed E-state index contributed by atoms with van der Waals surface area (Å²) in [6.07, 6.45) is 28.4. The molecule has 0 aromatic heterocycles. The molecule has 3 aromatic rings. The summed E-state index contributed by atoms with van der Waals surface area (Å²) in [6, 6.07) is 23.1. The molecule has 1 heterocycles. The standard InChI is InChI=1S/C42H41N/c1-30-12-9-10-27-43(32(3)14-11-13-31(30)2)37-23-20-35(21-24-37)36-22-26-39-38-25-19-34(18-17-33-15-7-6-8-16-33)28-40(38)42(4,5)41(39)29-36/h7,9-29,32H,1,6,8H2,2-5H3/b12-9-,14-11-,18-17+,27-10-,31-13?. The maximum atomic E-state index is 4.16. The third-order valence-corrected chi connectivity index (χ3v) is 9.03. The van der Waals surface area contributed by atoms with Crippen molar-refractivity contribution in [3.63, 3.8) is 0 Å². The Balaban J connectivity index is 1.26. The summed E-state index contributed by atoms with van der Waals surface area (Å²) in [5.74, 6) is 0. The SMILES string of the molecule is C=C1/C=C\C=C/N(c2ccc(-c3ccc4c(c3)C(C)(C)c3cc(/C=C/C5=CCCC=C5)ccc3-4)cc2)C(C)/C=C\C=C1C. The Kier molecular flexibility index (Phi) is 7.91. The Hall–Kier alpha value is -4.62. The molecule has 3 aromatic carbocycles. The van der Waals surface area contributed by atoms with Gasteiger partial charge in [0.05, 0.1) is 0 Å². The van der Waals surface area contributed by atoms with Crippen LogP contribution >= 0.6 is 0 Å². The van der Waals surface area contributed by atoms with Gasteiger partial charge in [0, 0.05) is 23.3 Å². The van der Waals surface area contributed by atoms with Gasteiger partial charge in [-0.2, -0.15) is 0 Å². The molecule has 214 valence electrons. The minimum absolute atomic E-state index is 0.0623. The van der Waals surface area contributed by atoms with Crippen LogP contribution < -0.4 is 4.90 Å². The molecule has 0 saturated carbocycles. The van der Waals surface area contributed by atoms with E-state index < -0.39 is 0 Å². The first-order valence-corrected chi connectivity index (χ1v) is 15.4. The number of hydrogen-bond acceptors (Lipinski definition) is 1. The van der Waals surface area contributed by atoms with Crippen molar-refractivity contribution in [3.05, 3.63) is 168 Å². The first-order valence-electron chi connectivity index (χ1n) is 15.4. The third-order valence-electron chi connectivity index (χ3n) is 9.03. The molecule has 1 unspecified atom stereocenters. The average Bonchev–Trinajstić information content (AvgIpc) is 3.24. The highest BCUT2D eigenvalue weighted by Crippen LogP contribution is 2.50. The highest BCUT2D eigenvalue weighted by molar-refractivity contribution is 5.84. The van der Waals surface area contributed by atoms with Gasteiger partial charge >= 0.3 is 0 Å². The van der Waals surface area contributed by atoms with Crippen LogP contribution in [-0.2, 0) is 5.41 Å². The molecule has 2 aliphatic carbocycles. The van der Waals surface area contributed by atoms with Crippen LogP contribution in [0.15, 0.2) is 151 Å². The van der Waals surface area contributed by atoms with Crippen LogP contribution in [0.5, 0.6) is 0 Å². The predicted molar refractivity (Wildman–Crippen MR) is 187 cm³/mol. The van der Waals surface area contributed by atoms with E-state index in [1.165, 1.54) is 55.8 Å².